The smallest absolute Gasteiger partial charge is 0.261 e. The lowest BCUT2D eigenvalue weighted by Gasteiger charge is -2.31. The van der Waals surface area contributed by atoms with Crippen molar-refractivity contribution in [3.8, 4) is 5.75 Å². The number of likely N-dealkylation sites (N-methyl/N-ethyl adjacent to an activating group) is 1. The van der Waals surface area contributed by atoms with E-state index in [0.717, 1.165) is 11.1 Å². The summed E-state index contributed by atoms with van der Waals surface area (Å²) in [6, 6.07) is 20.8. The van der Waals surface area contributed by atoms with Gasteiger partial charge in [0.25, 0.3) is 5.91 Å². The maximum absolute atomic E-state index is 13.4. The second-order valence-corrected chi connectivity index (χ2v) is 8.90. The van der Waals surface area contributed by atoms with Gasteiger partial charge >= 0.3 is 0 Å². The molecule has 3 rings (SSSR count). The number of hydrogen-bond donors (Lipinski definition) is 1. The summed E-state index contributed by atoms with van der Waals surface area (Å²) >= 11 is 18.3. The molecule has 0 fully saturated rings. The molecule has 5 nitrogen and oxygen atoms in total. The van der Waals surface area contributed by atoms with E-state index in [0.29, 0.717) is 33.8 Å². The first-order valence-corrected chi connectivity index (χ1v) is 11.9. The molecule has 8 heteroatoms. The van der Waals surface area contributed by atoms with Crippen LogP contribution in [0.3, 0.4) is 0 Å². The van der Waals surface area contributed by atoms with E-state index in [2.05, 4.69) is 5.32 Å². The monoisotopic (exact) mass is 518 g/mol. The summed E-state index contributed by atoms with van der Waals surface area (Å²) in [6.07, 6.45) is 0.348. The van der Waals surface area contributed by atoms with E-state index in [9.17, 15) is 9.59 Å². The minimum Gasteiger partial charge on any atom is -0.482 e. The molecule has 0 radical (unpaired) electrons. The molecule has 3 aromatic rings. The van der Waals surface area contributed by atoms with Crippen molar-refractivity contribution in [1.29, 1.82) is 0 Å². The highest BCUT2D eigenvalue weighted by atomic mass is 35.5. The van der Waals surface area contributed by atoms with Crippen molar-refractivity contribution in [3.05, 3.63) is 99.0 Å². The van der Waals surface area contributed by atoms with Crippen molar-refractivity contribution >= 4 is 46.6 Å². The fourth-order valence-electron chi connectivity index (χ4n) is 3.49. The number of benzene rings is 3. The summed E-state index contributed by atoms with van der Waals surface area (Å²) < 4.78 is 5.70. The van der Waals surface area contributed by atoms with Crippen molar-refractivity contribution in [1.82, 2.24) is 10.2 Å². The van der Waals surface area contributed by atoms with Crippen LogP contribution in [0.4, 0.5) is 0 Å². The number of carbonyl (C=O) groups excluding carboxylic acids is 2. The lowest BCUT2D eigenvalue weighted by molar-refractivity contribution is -0.142. The molecule has 0 aromatic heterocycles. The lowest BCUT2D eigenvalue weighted by atomic mass is 10.0. The highest BCUT2D eigenvalue weighted by Gasteiger charge is 2.30. The lowest BCUT2D eigenvalue weighted by Crippen LogP contribution is -2.51. The molecule has 0 saturated carbocycles. The number of halogens is 3. The van der Waals surface area contributed by atoms with Crippen LogP contribution < -0.4 is 10.1 Å². The van der Waals surface area contributed by atoms with Gasteiger partial charge in [-0.2, -0.15) is 0 Å². The van der Waals surface area contributed by atoms with Gasteiger partial charge in [-0.05, 0) is 48.4 Å². The first-order valence-electron chi connectivity index (χ1n) is 10.8. The number of amides is 2. The van der Waals surface area contributed by atoms with Gasteiger partial charge in [0.15, 0.2) is 6.61 Å². The van der Waals surface area contributed by atoms with Crippen molar-refractivity contribution in [2.24, 2.45) is 0 Å². The van der Waals surface area contributed by atoms with Crippen LogP contribution in [0.5, 0.6) is 5.75 Å². The Morgan fingerprint density at radius 1 is 0.912 bits per heavy atom. The van der Waals surface area contributed by atoms with Gasteiger partial charge in [-0.15, -0.1) is 0 Å². The average Bonchev–Trinajstić information content (AvgIpc) is 2.81. The van der Waals surface area contributed by atoms with Crippen molar-refractivity contribution < 1.29 is 14.3 Å². The van der Waals surface area contributed by atoms with Gasteiger partial charge in [0.1, 0.15) is 11.8 Å². The maximum atomic E-state index is 13.4. The molecule has 0 bridgehead atoms. The molecule has 1 N–H and O–H groups in total. The van der Waals surface area contributed by atoms with E-state index in [4.69, 9.17) is 39.5 Å². The molecule has 0 aliphatic carbocycles. The van der Waals surface area contributed by atoms with Gasteiger partial charge in [-0.3, -0.25) is 9.59 Å². The normalized spacial score (nSPS) is 11.5. The number of hydrogen-bond acceptors (Lipinski definition) is 3. The largest absolute Gasteiger partial charge is 0.482 e. The Morgan fingerprint density at radius 2 is 1.62 bits per heavy atom. The number of nitrogens with one attached hydrogen (secondary N) is 1. The number of nitrogens with zero attached hydrogens (tertiary/aromatic N) is 1. The van der Waals surface area contributed by atoms with Gasteiger partial charge in [-0.1, -0.05) is 77.3 Å². The van der Waals surface area contributed by atoms with Crippen molar-refractivity contribution in [2.45, 2.75) is 25.9 Å². The highest BCUT2D eigenvalue weighted by Crippen LogP contribution is 2.27. The Bertz CT molecular complexity index is 1130. The van der Waals surface area contributed by atoms with E-state index in [1.807, 2.05) is 49.4 Å². The summed E-state index contributed by atoms with van der Waals surface area (Å²) in [6.45, 7) is 2.17. The minimum atomic E-state index is -0.752. The summed E-state index contributed by atoms with van der Waals surface area (Å²) in [5.41, 5.74) is 1.73. The first-order chi connectivity index (χ1) is 16.4. The molecular formula is C26H25Cl3N2O3. The first kappa shape index (κ1) is 25.9. The van der Waals surface area contributed by atoms with Gasteiger partial charge in [-0.25, -0.2) is 0 Å². The fourth-order valence-corrected chi connectivity index (χ4v) is 4.17. The third-order valence-electron chi connectivity index (χ3n) is 5.11. The Labute approximate surface area is 214 Å². The van der Waals surface area contributed by atoms with Crippen LogP contribution >= 0.6 is 34.8 Å². The summed E-state index contributed by atoms with van der Waals surface area (Å²) in [7, 11) is 0. The van der Waals surface area contributed by atoms with Gasteiger partial charge in [0.2, 0.25) is 5.91 Å². The molecule has 34 heavy (non-hydrogen) atoms. The Hall–Kier alpha value is -2.73. The molecule has 1 atom stereocenters. The molecule has 0 aliphatic heterocycles. The van der Waals surface area contributed by atoms with Crippen LogP contribution in [0.25, 0.3) is 0 Å². The highest BCUT2D eigenvalue weighted by molar-refractivity contribution is 6.35. The molecule has 0 heterocycles. The maximum Gasteiger partial charge on any atom is 0.261 e. The second-order valence-electron chi connectivity index (χ2n) is 7.62. The SMILES string of the molecule is CCNC(=O)[C@H](Cc1ccccc1)N(Cc1cccc(Cl)c1)C(=O)COc1ccc(Cl)cc1Cl. The standard InChI is InChI=1S/C26H25Cl3N2O3/c1-2-30-26(33)23(14-18-7-4-3-5-8-18)31(16-19-9-6-10-20(27)13-19)25(32)17-34-24-12-11-21(28)15-22(24)29/h3-13,15,23H,2,14,16-17H2,1H3,(H,30,33)/t23-/m0/s1. The number of ether oxygens (including phenoxy) is 1. The third kappa shape index (κ3) is 7.39. The van der Waals surface area contributed by atoms with Crippen molar-refractivity contribution in [3.63, 3.8) is 0 Å². The molecule has 0 unspecified atom stereocenters. The van der Waals surface area contributed by atoms with Crippen LogP contribution in [-0.2, 0) is 22.6 Å². The van der Waals surface area contributed by atoms with Crippen LogP contribution in [0.2, 0.25) is 15.1 Å². The topological polar surface area (TPSA) is 58.6 Å². The van der Waals surface area contributed by atoms with Gasteiger partial charge in [0, 0.05) is 29.6 Å². The molecule has 0 spiro atoms. The molecule has 0 aliphatic rings. The minimum absolute atomic E-state index is 0.186. The Morgan fingerprint density at radius 3 is 2.29 bits per heavy atom. The predicted octanol–water partition coefficient (Wildman–Crippen LogP) is 5.80. The zero-order chi connectivity index (χ0) is 24.5. The molecule has 2 amide bonds. The quantitative estimate of drug-likeness (QED) is 0.368. The molecular weight excluding hydrogens is 495 g/mol. The molecule has 178 valence electrons. The van der Waals surface area contributed by atoms with E-state index >= 15 is 0 Å². The fraction of sp³-hybridized carbons (Fsp3) is 0.231. The van der Waals surface area contributed by atoms with E-state index < -0.39 is 6.04 Å². The zero-order valence-electron chi connectivity index (χ0n) is 18.6. The van der Waals surface area contributed by atoms with E-state index in [1.54, 1.807) is 30.3 Å². The molecule has 3 aromatic carbocycles. The van der Waals surface area contributed by atoms with Crippen LogP contribution in [0, 0.1) is 0 Å². The number of rotatable bonds is 10. The Balaban J connectivity index is 1.90. The van der Waals surface area contributed by atoms with Gasteiger partial charge in [0.05, 0.1) is 5.02 Å². The summed E-state index contributed by atoms with van der Waals surface area (Å²) in [5.74, 6) is -0.274. The van der Waals surface area contributed by atoms with Crippen LogP contribution in [0.1, 0.15) is 18.1 Å². The van der Waals surface area contributed by atoms with Crippen LogP contribution in [0.15, 0.2) is 72.8 Å². The Kier molecular flexibility index (Phi) is 9.63. The van der Waals surface area contributed by atoms with E-state index in [1.165, 1.54) is 4.90 Å². The third-order valence-corrected chi connectivity index (χ3v) is 5.87. The predicted molar refractivity (Wildman–Crippen MR) is 137 cm³/mol. The summed E-state index contributed by atoms with van der Waals surface area (Å²) in [5, 5.41) is 4.16. The zero-order valence-corrected chi connectivity index (χ0v) is 20.9. The second kappa shape index (κ2) is 12.7. The number of carbonyl (C=O) groups is 2. The van der Waals surface area contributed by atoms with Crippen LogP contribution in [-0.4, -0.2) is 35.9 Å². The summed E-state index contributed by atoms with van der Waals surface area (Å²) in [4.78, 5) is 28.1. The average molecular weight is 520 g/mol. The molecule has 0 saturated heterocycles. The van der Waals surface area contributed by atoms with Crippen molar-refractivity contribution in [2.75, 3.05) is 13.2 Å². The van der Waals surface area contributed by atoms with Gasteiger partial charge < -0.3 is 15.0 Å². The van der Waals surface area contributed by atoms with E-state index in [-0.39, 0.29) is 25.0 Å².